The van der Waals surface area contributed by atoms with E-state index in [4.69, 9.17) is 11.3 Å². The maximum absolute atomic E-state index is 13.8. The fraction of sp³-hybridized carbons (Fsp3) is 0.417. The lowest BCUT2D eigenvalue weighted by molar-refractivity contribution is -0.141. The van der Waals surface area contributed by atoms with Gasteiger partial charge in [0.2, 0.25) is 11.8 Å². The molecule has 0 bridgehead atoms. The maximum atomic E-state index is 13.8. The number of hydrogen-bond acceptors (Lipinski definition) is 5. The van der Waals surface area contributed by atoms with Crippen LogP contribution in [0.1, 0.15) is 37.3 Å². The number of pyridine rings is 1. The van der Waals surface area contributed by atoms with E-state index < -0.39 is 44.6 Å². The second kappa shape index (κ2) is 9.18. The average molecular weight is 561 g/mol. The molecule has 2 fully saturated rings. The summed E-state index contributed by atoms with van der Waals surface area (Å²) in [4.78, 5) is 33.2. The van der Waals surface area contributed by atoms with Crippen molar-refractivity contribution in [3.8, 4) is 0 Å². The van der Waals surface area contributed by atoms with Gasteiger partial charge in [-0.15, -0.1) is 0 Å². The fourth-order valence-corrected chi connectivity index (χ4v) is 5.17. The number of carbonyl (C=O) groups excluding carboxylic acids is 2. The number of rotatable bonds is 7. The van der Waals surface area contributed by atoms with Crippen LogP contribution in [0.4, 0.5) is 25.1 Å². The molecule has 2 heterocycles. The Bertz CT molecular complexity index is 1250. The van der Waals surface area contributed by atoms with Crippen LogP contribution in [0.2, 0.25) is 0 Å². The van der Waals surface area contributed by atoms with Gasteiger partial charge in [0.15, 0.2) is 0 Å². The van der Waals surface area contributed by atoms with Crippen molar-refractivity contribution in [2.24, 2.45) is 5.92 Å². The molecule has 0 spiro atoms. The highest BCUT2D eigenvalue weighted by Gasteiger charge is 2.65. The Balaban J connectivity index is 1.81. The highest BCUT2D eigenvalue weighted by atomic mass is 32.5. The van der Waals surface area contributed by atoms with Gasteiger partial charge in [-0.1, -0.05) is 25.5 Å². The summed E-state index contributed by atoms with van der Waals surface area (Å²) in [5, 5.41) is 13.4. The Morgan fingerprint density at radius 1 is 1.13 bits per heavy atom. The van der Waals surface area contributed by atoms with Gasteiger partial charge < -0.3 is 15.2 Å². The van der Waals surface area contributed by atoms with Gasteiger partial charge in [-0.3, -0.25) is 24.3 Å². The number of amides is 2. The first-order chi connectivity index (χ1) is 17.6. The number of ether oxygens (including phenoxy) is 1. The molecular weight excluding hydrogens is 535 g/mol. The number of halogens is 5. The van der Waals surface area contributed by atoms with E-state index >= 15 is 0 Å². The van der Waals surface area contributed by atoms with Crippen LogP contribution in [0.5, 0.6) is 0 Å². The topological polar surface area (TPSA) is 96.1 Å². The molecule has 1 saturated heterocycles. The maximum Gasteiger partial charge on any atom is 0.346 e. The first kappa shape index (κ1) is 27.7. The summed E-state index contributed by atoms with van der Waals surface area (Å²) in [5.74, 6) is -2.89. The van der Waals surface area contributed by atoms with Crippen molar-refractivity contribution in [3.63, 3.8) is 0 Å². The van der Waals surface area contributed by atoms with Gasteiger partial charge >= 0.3 is 15.9 Å². The number of benzene rings is 1. The minimum absolute atomic E-state index is 0.0181. The highest BCUT2D eigenvalue weighted by Crippen LogP contribution is 3.02. The first-order valence-corrected chi connectivity index (χ1v) is 13.6. The van der Waals surface area contributed by atoms with Crippen LogP contribution in [0.15, 0.2) is 53.7 Å². The molecule has 1 aromatic heterocycles. The number of anilines is 1. The molecule has 1 aromatic carbocycles. The lowest BCUT2D eigenvalue weighted by atomic mass is 9.75. The third-order valence-electron chi connectivity index (χ3n) is 6.72. The Kier molecular flexibility index (Phi) is 6.70. The Hall–Kier alpha value is -3.28. The van der Waals surface area contributed by atoms with Crippen LogP contribution < -0.4 is 10.2 Å². The molecule has 2 aliphatic rings. The average Bonchev–Trinajstić information content (AvgIpc) is 2.85. The molecule has 3 atom stereocenters. The minimum atomic E-state index is -10.0. The molecule has 4 rings (SSSR count). The van der Waals surface area contributed by atoms with E-state index in [1.165, 1.54) is 24.5 Å². The third-order valence-corrected chi connectivity index (χ3v) is 7.89. The second-order valence-electron chi connectivity index (χ2n) is 9.34. The summed E-state index contributed by atoms with van der Waals surface area (Å²) >= 11 is 0. The molecule has 2 N–H and O–H groups in total. The minimum Gasteiger partial charge on any atom is -0.381 e. The van der Waals surface area contributed by atoms with Crippen molar-refractivity contribution in [1.82, 2.24) is 10.3 Å². The van der Waals surface area contributed by atoms with Crippen molar-refractivity contribution in [1.29, 1.82) is 0 Å². The molecule has 8 nitrogen and oxygen atoms in total. The van der Waals surface area contributed by atoms with Gasteiger partial charge in [-0.25, -0.2) is 6.57 Å². The second-order valence-corrected chi connectivity index (χ2v) is 11.7. The lowest BCUT2D eigenvalue weighted by Gasteiger charge is -2.41. The van der Waals surface area contributed by atoms with Gasteiger partial charge in [-0.05, 0) is 49.6 Å². The number of nitrogens with one attached hydrogen (secondary N) is 1. The van der Waals surface area contributed by atoms with Gasteiger partial charge in [-0.2, -0.15) is 0 Å². The SMILES string of the molecule is [C-]#[N+]C1(O)CCC1C(=O)N(c1ccc(S(F)(F)(F)(F)F)cc1)C(C(=O)NC1CCOCC1)c1cccnc1. The summed E-state index contributed by atoms with van der Waals surface area (Å²) < 4.78 is 72.1. The number of aromatic nitrogens is 1. The van der Waals surface area contributed by atoms with Crippen LogP contribution in [-0.2, 0) is 14.3 Å². The number of carbonyl (C=O) groups is 2. The quantitative estimate of drug-likeness (QED) is 0.362. The van der Waals surface area contributed by atoms with E-state index in [-0.39, 0.29) is 42.3 Å². The first-order valence-electron chi connectivity index (χ1n) is 11.7. The van der Waals surface area contributed by atoms with Gasteiger partial charge in [0, 0.05) is 42.9 Å². The van der Waals surface area contributed by atoms with Crippen molar-refractivity contribution < 1.29 is 38.9 Å². The fourth-order valence-electron chi connectivity index (χ4n) is 4.51. The molecule has 1 saturated carbocycles. The molecular formula is C24H25F5N4O4S. The van der Waals surface area contributed by atoms with Crippen molar-refractivity contribution >= 4 is 27.7 Å². The molecule has 0 radical (unpaired) electrons. The van der Waals surface area contributed by atoms with Crippen LogP contribution >= 0.6 is 10.2 Å². The van der Waals surface area contributed by atoms with E-state index in [1.54, 1.807) is 0 Å². The lowest BCUT2D eigenvalue weighted by Crippen LogP contribution is -2.56. The number of aliphatic hydroxyl groups is 1. The van der Waals surface area contributed by atoms with Gasteiger partial charge in [0.25, 0.3) is 0 Å². The summed E-state index contributed by atoms with van der Waals surface area (Å²) in [6.45, 7) is 8.07. The Morgan fingerprint density at radius 3 is 2.29 bits per heavy atom. The largest absolute Gasteiger partial charge is 0.381 e. The molecule has 206 valence electrons. The van der Waals surface area contributed by atoms with Crippen LogP contribution in [0.3, 0.4) is 0 Å². The predicted molar refractivity (Wildman–Crippen MR) is 129 cm³/mol. The molecule has 3 unspecified atom stereocenters. The predicted octanol–water partition coefficient (Wildman–Crippen LogP) is 5.13. The zero-order valence-electron chi connectivity index (χ0n) is 19.9. The van der Waals surface area contributed by atoms with Crippen molar-refractivity contribution in [2.75, 3.05) is 18.1 Å². The standard InChI is InChI=1S/C24H25F5N4O4S/c1-30-24(36)11-8-20(24)23(35)33(18-4-6-19(7-5-18)38(25,26,27,28)29)21(16-3-2-12-31-15-16)22(34)32-17-9-13-37-14-10-17/h2-7,12,15,17,20-21,36H,8-11,13-14H2,(H,32,34). The summed E-state index contributed by atoms with van der Waals surface area (Å²) in [5.41, 5.74) is -2.17. The monoisotopic (exact) mass is 560 g/mol. The highest BCUT2D eigenvalue weighted by molar-refractivity contribution is 8.45. The van der Waals surface area contributed by atoms with E-state index in [1.807, 2.05) is 0 Å². The van der Waals surface area contributed by atoms with Crippen molar-refractivity contribution in [3.05, 3.63) is 65.8 Å². The molecule has 1 aliphatic carbocycles. The zero-order valence-corrected chi connectivity index (χ0v) is 20.7. The molecule has 2 amide bonds. The van der Waals surface area contributed by atoms with Crippen LogP contribution in [0, 0.1) is 12.5 Å². The number of nitrogens with zero attached hydrogens (tertiary/aromatic N) is 3. The zero-order chi connectivity index (χ0) is 27.8. The Labute approximate surface area is 215 Å². The summed E-state index contributed by atoms with van der Waals surface area (Å²) in [7, 11) is -10.0. The van der Waals surface area contributed by atoms with Gasteiger partial charge in [0.1, 0.15) is 16.9 Å². The molecule has 1 aliphatic heterocycles. The van der Waals surface area contributed by atoms with E-state index in [9.17, 15) is 34.1 Å². The third kappa shape index (κ3) is 5.74. The normalized spacial score (nSPS) is 24.6. The molecule has 2 aromatic rings. The van der Waals surface area contributed by atoms with Crippen molar-refractivity contribution in [2.45, 2.75) is 48.4 Å². The number of hydrogen-bond donors (Lipinski definition) is 2. The summed E-state index contributed by atoms with van der Waals surface area (Å²) in [6, 6.07) is 2.81. The van der Waals surface area contributed by atoms with Crippen LogP contribution in [-0.4, -0.2) is 46.9 Å². The smallest absolute Gasteiger partial charge is 0.346 e. The van der Waals surface area contributed by atoms with E-state index in [2.05, 4.69) is 15.1 Å². The van der Waals surface area contributed by atoms with E-state index in [0.29, 0.717) is 38.2 Å². The van der Waals surface area contributed by atoms with Gasteiger partial charge in [0.05, 0.1) is 6.42 Å². The van der Waals surface area contributed by atoms with E-state index in [0.717, 1.165) is 4.90 Å². The molecule has 38 heavy (non-hydrogen) atoms. The summed E-state index contributed by atoms with van der Waals surface area (Å²) in [6.07, 6.45) is 3.74. The molecule has 14 heteroatoms. The van der Waals surface area contributed by atoms with Crippen LogP contribution in [0.25, 0.3) is 4.85 Å². The Morgan fingerprint density at radius 2 is 1.79 bits per heavy atom.